The van der Waals surface area contributed by atoms with E-state index < -0.39 is 5.97 Å². The molecular formula is C13H16N2O4. The second kappa shape index (κ2) is 5.27. The number of aromatic nitrogens is 2. The maximum atomic E-state index is 12.0. The van der Waals surface area contributed by atoms with Gasteiger partial charge in [-0.2, -0.15) is 0 Å². The summed E-state index contributed by atoms with van der Waals surface area (Å²) in [6.07, 6.45) is 0.720. The Morgan fingerprint density at radius 3 is 2.84 bits per heavy atom. The van der Waals surface area contributed by atoms with E-state index in [0.29, 0.717) is 17.6 Å². The van der Waals surface area contributed by atoms with Crippen molar-refractivity contribution in [2.45, 2.75) is 19.4 Å². The Balaban J connectivity index is 2.69. The molecule has 0 aliphatic heterocycles. The number of hydrogen-bond acceptors (Lipinski definition) is 3. The van der Waals surface area contributed by atoms with Gasteiger partial charge in [0.1, 0.15) is 0 Å². The highest BCUT2D eigenvalue weighted by atomic mass is 16.5. The SMILES string of the molecule is CCC(COC)n1c(=O)[nH]c2c(C(=O)O)cccc21. The van der Waals surface area contributed by atoms with Crippen LogP contribution in [-0.2, 0) is 4.74 Å². The Morgan fingerprint density at radius 1 is 1.53 bits per heavy atom. The minimum absolute atomic E-state index is 0.0978. The molecule has 0 bridgehead atoms. The number of nitrogens with zero attached hydrogens (tertiary/aromatic N) is 1. The van der Waals surface area contributed by atoms with Crippen molar-refractivity contribution < 1.29 is 14.6 Å². The highest BCUT2D eigenvalue weighted by Gasteiger charge is 2.18. The van der Waals surface area contributed by atoms with Gasteiger partial charge in [-0.1, -0.05) is 13.0 Å². The van der Waals surface area contributed by atoms with Crippen LogP contribution in [0.2, 0.25) is 0 Å². The summed E-state index contributed by atoms with van der Waals surface area (Å²) in [5.74, 6) is -1.06. The number of aromatic amines is 1. The standard InChI is InChI=1S/C13H16N2O4/c1-3-8(7-19-2)15-10-6-4-5-9(12(16)17)11(10)14-13(15)18/h4-6,8H,3,7H2,1-2H3,(H,14,18)(H,16,17). The van der Waals surface area contributed by atoms with E-state index in [4.69, 9.17) is 9.84 Å². The summed E-state index contributed by atoms with van der Waals surface area (Å²) in [6, 6.07) is 4.73. The maximum absolute atomic E-state index is 12.0. The third-order valence-electron chi connectivity index (χ3n) is 3.18. The zero-order valence-electron chi connectivity index (χ0n) is 10.8. The molecule has 0 aliphatic rings. The molecule has 0 fully saturated rings. The van der Waals surface area contributed by atoms with Crippen molar-refractivity contribution in [3.8, 4) is 0 Å². The number of para-hydroxylation sites is 1. The Kier molecular flexibility index (Phi) is 3.71. The quantitative estimate of drug-likeness (QED) is 0.859. The van der Waals surface area contributed by atoms with Gasteiger partial charge in [-0.15, -0.1) is 0 Å². The van der Waals surface area contributed by atoms with Crippen LogP contribution in [0.4, 0.5) is 0 Å². The first-order chi connectivity index (χ1) is 9.10. The molecule has 0 aliphatic carbocycles. The largest absolute Gasteiger partial charge is 0.478 e. The van der Waals surface area contributed by atoms with E-state index in [1.54, 1.807) is 23.8 Å². The van der Waals surface area contributed by atoms with Gasteiger partial charge < -0.3 is 14.8 Å². The van der Waals surface area contributed by atoms with Crippen LogP contribution in [0.25, 0.3) is 11.0 Å². The molecular weight excluding hydrogens is 248 g/mol. The topological polar surface area (TPSA) is 84.3 Å². The van der Waals surface area contributed by atoms with E-state index >= 15 is 0 Å². The molecule has 102 valence electrons. The number of fused-ring (bicyclic) bond motifs is 1. The summed E-state index contributed by atoms with van der Waals surface area (Å²) >= 11 is 0. The van der Waals surface area contributed by atoms with E-state index in [1.165, 1.54) is 6.07 Å². The summed E-state index contributed by atoms with van der Waals surface area (Å²) in [5, 5.41) is 9.13. The Bertz CT molecular complexity index is 656. The summed E-state index contributed by atoms with van der Waals surface area (Å²) in [7, 11) is 1.57. The zero-order valence-corrected chi connectivity index (χ0v) is 10.8. The molecule has 1 aromatic heterocycles. The normalized spacial score (nSPS) is 12.7. The van der Waals surface area contributed by atoms with Crippen molar-refractivity contribution >= 4 is 17.0 Å². The fraction of sp³-hybridized carbons (Fsp3) is 0.385. The number of carbonyl (C=O) groups is 1. The number of H-pyrrole nitrogens is 1. The van der Waals surface area contributed by atoms with Gasteiger partial charge in [-0.05, 0) is 18.6 Å². The summed E-state index contributed by atoms with van der Waals surface area (Å²) in [6.45, 7) is 2.36. The van der Waals surface area contributed by atoms with Gasteiger partial charge in [-0.25, -0.2) is 9.59 Å². The molecule has 0 saturated heterocycles. The fourth-order valence-corrected chi connectivity index (χ4v) is 2.26. The lowest BCUT2D eigenvalue weighted by Crippen LogP contribution is -2.24. The molecule has 6 heteroatoms. The molecule has 0 spiro atoms. The van der Waals surface area contributed by atoms with Crippen LogP contribution in [0.5, 0.6) is 0 Å². The van der Waals surface area contributed by atoms with Crippen molar-refractivity contribution in [2.75, 3.05) is 13.7 Å². The number of ether oxygens (including phenoxy) is 1. The van der Waals surface area contributed by atoms with E-state index in [-0.39, 0.29) is 17.3 Å². The molecule has 1 heterocycles. The number of carboxylic acid groups (broad SMARTS) is 1. The fourth-order valence-electron chi connectivity index (χ4n) is 2.26. The van der Waals surface area contributed by atoms with Crippen molar-refractivity contribution in [1.82, 2.24) is 9.55 Å². The lowest BCUT2D eigenvalue weighted by molar-refractivity contribution is 0.0699. The van der Waals surface area contributed by atoms with Gasteiger partial charge in [-0.3, -0.25) is 4.57 Å². The number of nitrogens with one attached hydrogen (secondary N) is 1. The molecule has 19 heavy (non-hydrogen) atoms. The molecule has 2 rings (SSSR count). The molecule has 0 amide bonds. The first-order valence-corrected chi connectivity index (χ1v) is 6.05. The minimum atomic E-state index is -1.06. The monoisotopic (exact) mass is 264 g/mol. The predicted octanol–water partition coefficient (Wildman–Crippen LogP) is 1.63. The van der Waals surface area contributed by atoms with E-state index in [1.807, 2.05) is 6.92 Å². The third-order valence-corrected chi connectivity index (χ3v) is 3.18. The number of aromatic carboxylic acids is 1. The molecule has 1 aromatic carbocycles. The second-order valence-corrected chi connectivity index (χ2v) is 4.32. The summed E-state index contributed by atoms with van der Waals surface area (Å²) in [4.78, 5) is 25.8. The van der Waals surface area contributed by atoms with Crippen LogP contribution in [-0.4, -0.2) is 34.3 Å². The van der Waals surface area contributed by atoms with Gasteiger partial charge in [0.15, 0.2) is 0 Å². The summed E-state index contributed by atoms with van der Waals surface area (Å²) < 4.78 is 6.67. The number of rotatable bonds is 5. The van der Waals surface area contributed by atoms with Crippen molar-refractivity contribution in [2.24, 2.45) is 0 Å². The maximum Gasteiger partial charge on any atom is 0.337 e. The highest BCUT2D eigenvalue weighted by molar-refractivity contribution is 6.00. The molecule has 0 saturated carbocycles. The van der Waals surface area contributed by atoms with Crippen LogP contribution >= 0.6 is 0 Å². The Hall–Kier alpha value is -2.08. The Labute approximate surface area is 109 Å². The Morgan fingerprint density at radius 2 is 2.26 bits per heavy atom. The number of imidazole rings is 1. The third kappa shape index (κ3) is 2.26. The lowest BCUT2D eigenvalue weighted by Gasteiger charge is -2.15. The first kappa shape index (κ1) is 13.4. The molecule has 2 N–H and O–H groups in total. The van der Waals surface area contributed by atoms with Gasteiger partial charge in [0.05, 0.1) is 29.2 Å². The molecule has 2 aromatic rings. The lowest BCUT2D eigenvalue weighted by atomic mass is 10.1. The molecule has 0 radical (unpaired) electrons. The predicted molar refractivity (Wildman–Crippen MR) is 70.7 cm³/mol. The van der Waals surface area contributed by atoms with Crippen LogP contribution in [0.3, 0.4) is 0 Å². The average molecular weight is 264 g/mol. The van der Waals surface area contributed by atoms with Gasteiger partial charge in [0.2, 0.25) is 0 Å². The van der Waals surface area contributed by atoms with Crippen LogP contribution < -0.4 is 5.69 Å². The van der Waals surface area contributed by atoms with Crippen molar-refractivity contribution in [3.63, 3.8) is 0 Å². The van der Waals surface area contributed by atoms with Gasteiger partial charge in [0, 0.05) is 7.11 Å². The van der Waals surface area contributed by atoms with Gasteiger partial charge in [0.25, 0.3) is 0 Å². The highest BCUT2D eigenvalue weighted by Crippen LogP contribution is 2.20. The zero-order chi connectivity index (χ0) is 14.0. The van der Waals surface area contributed by atoms with Crippen LogP contribution in [0.15, 0.2) is 23.0 Å². The summed E-state index contributed by atoms with van der Waals surface area (Å²) in [5.41, 5.74) is 0.733. The van der Waals surface area contributed by atoms with E-state index in [0.717, 1.165) is 6.42 Å². The smallest absolute Gasteiger partial charge is 0.337 e. The average Bonchev–Trinajstić information content (AvgIpc) is 2.71. The number of methoxy groups -OCH3 is 1. The van der Waals surface area contributed by atoms with Gasteiger partial charge >= 0.3 is 11.7 Å². The van der Waals surface area contributed by atoms with Crippen molar-refractivity contribution in [3.05, 3.63) is 34.2 Å². The minimum Gasteiger partial charge on any atom is -0.478 e. The molecule has 1 atom stereocenters. The van der Waals surface area contributed by atoms with Crippen LogP contribution in [0, 0.1) is 0 Å². The van der Waals surface area contributed by atoms with Crippen LogP contribution in [0.1, 0.15) is 29.7 Å². The first-order valence-electron chi connectivity index (χ1n) is 6.05. The number of benzene rings is 1. The van der Waals surface area contributed by atoms with E-state index in [9.17, 15) is 9.59 Å². The van der Waals surface area contributed by atoms with Crippen molar-refractivity contribution in [1.29, 1.82) is 0 Å². The van der Waals surface area contributed by atoms with E-state index in [2.05, 4.69) is 4.98 Å². The number of carboxylic acids is 1. The second-order valence-electron chi connectivity index (χ2n) is 4.32. The molecule has 6 nitrogen and oxygen atoms in total. The number of hydrogen-bond donors (Lipinski definition) is 2. The molecule has 1 unspecified atom stereocenters.